The lowest BCUT2D eigenvalue weighted by Crippen LogP contribution is -2.20. The van der Waals surface area contributed by atoms with Crippen molar-refractivity contribution in [3.8, 4) is 0 Å². The second-order valence-electron chi connectivity index (χ2n) is 5.06. The van der Waals surface area contributed by atoms with E-state index in [2.05, 4.69) is 11.0 Å². The van der Waals surface area contributed by atoms with Crippen LogP contribution in [0.2, 0.25) is 0 Å². The number of aromatic nitrogens is 1. The average Bonchev–Trinajstić information content (AvgIpc) is 2.65. The van der Waals surface area contributed by atoms with Crippen LogP contribution in [0.4, 0.5) is 0 Å². The highest BCUT2D eigenvalue weighted by Crippen LogP contribution is 2.26. The molecule has 0 aliphatic carbocycles. The van der Waals surface area contributed by atoms with E-state index in [1.165, 1.54) is 4.57 Å². The summed E-state index contributed by atoms with van der Waals surface area (Å²) in [6.45, 7) is 0.688. The third-order valence-electron chi connectivity index (χ3n) is 3.51. The van der Waals surface area contributed by atoms with Crippen molar-refractivity contribution in [2.24, 2.45) is 12.8 Å². The van der Waals surface area contributed by atoms with E-state index in [0.717, 1.165) is 23.9 Å². The zero-order valence-corrected chi connectivity index (χ0v) is 11.7. The SMILES string of the molecule is CN(C)C(CCCN)c1ccc2c(c1)oc(=O)n2C. The van der Waals surface area contributed by atoms with Crippen LogP contribution < -0.4 is 11.5 Å². The number of oxazole rings is 1. The number of hydrogen-bond donors (Lipinski definition) is 1. The molecule has 1 atom stereocenters. The molecule has 1 unspecified atom stereocenters. The Hall–Kier alpha value is -1.59. The molecule has 1 heterocycles. The molecule has 5 heteroatoms. The first kappa shape index (κ1) is 13.8. The Labute approximate surface area is 112 Å². The first-order chi connectivity index (χ1) is 9.04. The van der Waals surface area contributed by atoms with Gasteiger partial charge in [-0.25, -0.2) is 4.79 Å². The highest BCUT2D eigenvalue weighted by Gasteiger charge is 2.15. The monoisotopic (exact) mass is 263 g/mol. The molecule has 0 saturated carbocycles. The van der Waals surface area contributed by atoms with Crippen LogP contribution in [0.3, 0.4) is 0 Å². The van der Waals surface area contributed by atoms with Gasteiger partial charge in [-0.15, -0.1) is 0 Å². The van der Waals surface area contributed by atoms with E-state index in [9.17, 15) is 4.79 Å². The molecule has 19 heavy (non-hydrogen) atoms. The minimum Gasteiger partial charge on any atom is -0.408 e. The average molecular weight is 263 g/mol. The number of rotatable bonds is 5. The lowest BCUT2D eigenvalue weighted by Gasteiger charge is -2.24. The van der Waals surface area contributed by atoms with Gasteiger partial charge in [0.15, 0.2) is 5.58 Å². The Morgan fingerprint density at radius 1 is 1.42 bits per heavy atom. The van der Waals surface area contributed by atoms with Crippen LogP contribution in [-0.2, 0) is 7.05 Å². The van der Waals surface area contributed by atoms with Crippen LogP contribution in [0, 0.1) is 0 Å². The molecule has 0 radical (unpaired) electrons. The second-order valence-corrected chi connectivity index (χ2v) is 5.06. The first-order valence-electron chi connectivity index (χ1n) is 6.50. The maximum absolute atomic E-state index is 11.5. The van der Waals surface area contributed by atoms with Gasteiger partial charge in [0, 0.05) is 13.1 Å². The first-order valence-corrected chi connectivity index (χ1v) is 6.50. The Bertz CT molecular complexity index is 613. The lowest BCUT2D eigenvalue weighted by atomic mass is 10.0. The van der Waals surface area contributed by atoms with Crippen LogP contribution in [0.25, 0.3) is 11.1 Å². The van der Waals surface area contributed by atoms with Crippen molar-refractivity contribution in [2.75, 3.05) is 20.6 Å². The minimum absolute atomic E-state index is 0.290. The number of aryl methyl sites for hydroxylation is 1. The maximum Gasteiger partial charge on any atom is 0.419 e. The molecule has 0 aliphatic rings. The van der Waals surface area contributed by atoms with Gasteiger partial charge in [-0.1, -0.05) is 6.07 Å². The van der Waals surface area contributed by atoms with Gasteiger partial charge < -0.3 is 15.1 Å². The number of nitrogens with two attached hydrogens (primary N) is 1. The number of hydrogen-bond acceptors (Lipinski definition) is 4. The van der Waals surface area contributed by atoms with Crippen molar-refractivity contribution in [2.45, 2.75) is 18.9 Å². The molecule has 2 aromatic rings. The highest BCUT2D eigenvalue weighted by molar-refractivity contribution is 5.73. The Morgan fingerprint density at radius 2 is 2.16 bits per heavy atom. The van der Waals surface area contributed by atoms with Crippen molar-refractivity contribution in [1.29, 1.82) is 0 Å². The predicted molar refractivity (Wildman–Crippen MR) is 76.2 cm³/mol. The summed E-state index contributed by atoms with van der Waals surface area (Å²) >= 11 is 0. The van der Waals surface area contributed by atoms with E-state index in [4.69, 9.17) is 10.2 Å². The van der Waals surface area contributed by atoms with Crippen molar-refractivity contribution in [3.05, 3.63) is 34.3 Å². The summed E-state index contributed by atoms with van der Waals surface area (Å²) in [5.41, 5.74) is 8.21. The maximum atomic E-state index is 11.5. The lowest BCUT2D eigenvalue weighted by molar-refractivity contribution is 0.280. The fourth-order valence-corrected chi connectivity index (χ4v) is 2.39. The van der Waals surface area contributed by atoms with Gasteiger partial charge in [0.1, 0.15) is 0 Å². The van der Waals surface area contributed by atoms with Crippen LogP contribution >= 0.6 is 0 Å². The molecule has 0 saturated heterocycles. The van der Waals surface area contributed by atoms with Gasteiger partial charge in [0.2, 0.25) is 0 Å². The molecule has 1 aromatic heterocycles. The Balaban J connectivity index is 2.40. The zero-order chi connectivity index (χ0) is 14.0. The molecule has 104 valence electrons. The summed E-state index contributed by atoms with van der Waals surface area (Å²) in [6, 6.07) is 6.24. The van der Waals surface area contributed by atoms with Gasteiger partial charge >= 0.3 is 5.76 Å². The highest BCUT2D eigenvalue weighted by atomic mass is 16.4. The molecule has 5 nitrogen and oxygen atoms in total. The summed E-state index contributed by atoms with van der Waals surface area (Å²) < 4.78 is 6.76. The topological polar surface area (TPSA) is 64.4 Å². The molecular weight excluding hydrogens is 242 g/mol. The van der Waals surface area contributed by atoms with Crippen molar-refractivity contribution >= 4 is 11.1 Å². The molecule has 0 bridgehead atoms. The molecule has 0 fully saturated rings. The van der Waals surface area contributed by atoms with Crippen LogP contribution in [0.15, 0.2) is 27.4 Å². The molecule has 0 amide bonds. The smallest absolute Gasteiger partial charge is 0.408 e. The van der Waals surface area contributed by atoms with Crippen LogP contribution in [-0.4, -0.2) is 30.1 Å². The minimum atomic E-state index is -0.324. The van der Waals surface area contributed by atoms with Crippen LogP contribution in [0.5, 0.6) is 0 Å². The summed E-state index contributed by atoms with van der Waals surface area (Å²) in [4.78, 5) is 13.7. The molecule has 0 aliphatic heterocycles. The second kappa shape index (κ2) is 5.59. The van der Waals surface area contributed by atoms with E-state index in [-0.39, 0.29) is 5.76 Å². The zero-order valence-electron chi connectivity index (χ0n) is 11.7. The van der Waals surface area contributed by atoms with Gasteiger partial charge in [-0.05, 0) is 51.2 Å². The van der Waals surface area contributed by atoms with Crippen molar-refractivity contribution in [1.82, 2.24) is 9.47 Å². The number of benzene rings is 1. The van der Waals surface area contributed by atoms with E-state index in [1.807, 2.05) is 26.2 Å². The molecule has 0 spiro atoms. The molecule has 1 aromatic carbocycles. The third-order valence-corrected chi connectivity index (χ3v) is 3.51. The Morgan fingerprint density at radius 3 is 2.79 bits per heavy atom. The van der Waals surface area contributed by atoms with E-state index in [1.54, 1.807) is 7.05 Å². The van der Waals surface area contributed by atoms with Gasteiger partial charge in [-0.2, -0.15) is 0 Å². The standard InChI is InChI=1S/C14H21N3O2/c1-16(2)11(5-4-8-15)10-6-7-12-13(9-10)19-14(18)17(12)3/h6-7,9,11H,4-5,8,15H2,1-3H3. The van der Waals surface area contributed by atoms with Crippen molar-refractivity contribution in [3.63, 3.8) is 0 Å². The quantitative estimate of drug-likeness (QED) is 0.887. The van der Waals surface area contributed by atoms with E-state index < -0.39 is 0 Å². The van der Waals surface area contributed by atoms with Crippen LogP contribution in [0.1, 0.15) is 24.4 Å². The number of fused-ring (bicyclic) bond motifs is 1. The van der Waals surface area contributed by atoms with Gasteiger partial charge in [-0.3, -0.25) is 4.57 Å². The number of nitrogens with zero attached hydrogens (tertiary/aromatic N) is 2. The predicted octanol–water partition coefficient (Wildman–Crippen LogP) is 1.47. The molecular formula is C14H21N3O2. The largest absolute Gasteiger partial charge is 0.419 e. The van der Waals surface area contributed by atoms with E-state index >= 15 is 0 Å². The van der Waals surface area contributed by atoms with Gasteiger partial charge in [0.25, 0.3) is 0 Å². The summed E-state index contributed by atoms with van der Waals surface area (Å²) in [5.74, 6) is -0.324. The summed E-state index contributed by atoms with van der Waals surface area (Å²) in [7, 11) is 5.81. The van der Waals surface area contributed by atoms with Gasteiger partial charge in [0.05, 0.1) is 5.52 Å². The molecule has 2 rings (SSSR count). The Kier molecular flexibility index (Phi) is 4.07. The summed E-state index contributed by atoms with van der Waals surface area (Å²) in [5, 5.41) is 0. The third kappa shape index (κ3) is 2.72. The fourth-order valence-electron chi connectivity index (χ4n) is 2.39. The van der Waals surface area contributed by atoms with E-state index in [0.29, 0.717) is 18.2 Å². The normalized spacial score (nSPS) is 13.3. The van der Waals surface area contributed by atoms with Crippen molar-refractivity contribution < 1.29 is 4.42 Å². The summed E-state index contributed by atoms with van der Waals surface area (Å²) in [6.07, 6.45) is 1.96. The molecule has 2 N–H and O–H groups in total. The fraction of sp³-hybridized carbons (Fsp3) is 0.500.